The van der Waals surface area contributed by atoms with Crippen molar-refractivity contribution < 1.29 is 5.11 Å². The fourth-order valence-electron chi connectivity index (χ4n) is 2.85. The number of hydrogen-bond donors (Lipinski definition) is 0. The van der Waals surface area contributed by atoms with Gasteiger partial charge in [0.15, 0.2) is 0 Å². The molecule has 1 radical (unpaired) electrons. The molecule has 0 aromatic heterocycles. The Balaban J connectivity index is 2.74. The van der Waals surface area contributed by atoms with Crippen molar-refractivity contribution in [1.82, 2.24) is 0 Å². The van der Waals surface area contributed by atoms with Gasteiger partial charge in [-0.3, -0.25) is 0 Å². The number of halogens is 14. The van der Waals surface area contributed by atoms with Crippen molar-refractivity contribution in [2.24, 2.45) is 0 Å². The number of benzene rings is 2. The van der Waals surface area contributed by atoms with Crippen LogP contribution in [0.3, 0.4) is 0 Å². The molecule has 2 aromatic rings. The molecule has 0 N–H and O–H groups in total. The summed E-state index contributed by atoms with van der Waals surface area (Å²) in [5.74, 6) is -0.838. The van der Waals surface area contributed by atoms with Crippen molar-refractivity contribution >= 4 is 168 Å². The van der Waals surface area contributed by atoms with Gasteiger partial charge in [0.25, 0.3) is 0 Å². The van der Waals surface area contributed by atoms with Crippen molar-refractivity contribution in [2.75, 3.05) is 0 Å². The van der Waals surface area contributed by atoms with E-state index in [0.29, 0.717) is 0 Å². The third kappa shape index (κ3) is 4.85. The zero-order chi connectivity index (χ0) is 26.0. The highest BCUT2D eigenvalue weighted by Crippen LogP contribution is 2.58. The van der Waals surface area contributed by atoms with Crippen LogP contribution in [-0.2, 0) is 0 Å². The summed E-state index contributed by atoms with van der Waals surface area (Å²) in [6.07, 6.45) is 0. The lowest BCUT2D eigenvalue weighted by atomic mass is 9.90. The van der Waals surface area contributed by atoms with E-state index in [1.54, 1.807) is 0 Å². The average Bonchev–Trinajstić information content (AvgIpc) is 2.81. The topological polar surface area (TPSA) is 23.1 Å². The predicted octanol–water partition coefficient (Wildman–Crippen LogP) is 12.6. The first-order valence-electron chi connectivity index (χ1n) is 8.10. The molecule has 181 valence electrons. The van der Waals surface area contributed by atoms with E-state index in [1.807, 2.05) is 0 Å². The summed E-state index contributed by atoms with van der Waals surface area (Å²) >= 11 is 88.7. The molecule has 0 bridgehead atoms. The Morgan fingerprint density at radius 3 is 1.03 bits per heavy atom. The lowest BCUT2D eigenvalue weighted by Crippen LogP contribution is -2.09. The van der Waals surface area contributed by atoms with Crippen molar-refractivity contribution in [3.05, 3.63) is 87.4 Å². The smallest absolute Gasteiger partial charge is 0.147 e. The van der Waals surface area contributed by atoms with E-state index in [9.17, 15) is 5.11 Å². The molecule has 0 unspecified atom stereocenters. The second kappa shape index (κ2) is 11.3. The highest BCUT2D eigenvalue weighted by atomic mass is 35.5. The van der Waals surface area contributed by atoms with E-state index in [2.05, 4.69) is 0 Å². The minimum absolute atomic E-state index is 0.101. The van der Waals surface area contributed by atoms with Crippen molar-refractivity contribution in [1.29, 1.82) is 0 Å². The summed E-state index contributed by atoms with van der Waals surface area (Å²) in [6, 6.07) is 0. The van der Waals surface area contributed by atoms with E-state index >= 15 is 0 Å². The predicted molar refractivity (Wildman–Crippen MR) is 150 cm³/mol. The first-order chi connectivity index (χ1) is 15.7. The highest BCUT2D eigenvalue weighted by Gasteiger charge is 2.36. The summed E-state index contributed by atoms with van der Waals surface area (Å²) in [7, 11) is 0. The Morgan fingerprint density at radius 2 is 0.676 bits per heavy atom. The first kappa shape index (κ1) is 30.1. The quantitative estimate of drug-likeness (QED) is 0.222. The summed E-state index contributed by atoms with van der Waals surface area (Å²) < 4.78 is 0. The summed E-state index contributed by atoms with van der Waals surface area (Å²) in [4.78, 5) is 0. The molecule has 0 saturated heterocycles. The maximum absolute atomic E-state index is 12.4. The monoisotopic (exact) mass is 734 g/mol. The van der Waals surface area contributed by atoms with Gasteiger partial charge < -0.3 is 5.11 Å². The summed E-state index contributed by atoms with van der Waals surface area (Å²) in [6.45, 7) is 0. The largest absolute Gasteiger partial charge is 0.870 e. The van der Waals surface area contributed by atoms with Gasteiger partial charge in [-0.25, -0.2) is 0 Å². The summed E-state index contributed by atoms with van der Waals surface area (Å²) in [5.41, 5.74) is -0.481. The third-order valence-corrected chi connectivity index (χ3v) is 10.6. The standard InChI is InChI=1S/C19HCl14O/c20-5-2(6(21)12(27)15(30)11(5)26)1(3-7(22)13(28)16(31)14(29)8(3)23)4-9(24)17(32)19(34)18(33)10(4)25/h34H/p-1. The van der Waals surface area contributed by atoms with Crippen molar-refractivity contribution in [3.63, 3.8) is 0 Å². The maximum atomic E-state index is 12.4. The molecular formula is C19Cl14O-. The molecule has 15 heteroatoms. The second-order valence-electron chi connectivity index (χ2n) is 6.22. The van der Waals surface area contributed by atoms with Gasteiger partial charge in [0.2, 0.25) is 0 Å². The molecule has 1 aliphatic rings. The van der Waals surface area contributed by atoms with Crippen LogP contribution in [0.1, 0.15) is 11.1 Å². The van der Waals surface area contributed by atoms with Crippen LogP contribution in [0.4, 0.5) is 0 Å². The molecule has 3 rings (SSSR count). The fourth-order valence-corrected chi connectivity index (χ4v) is 6.53. The Kier molecular flexibility index (Phi) is 10.0. The van der Waals surface area contributed by atoms with Crippen LogP contribution in [0.2, 0.25) is 45.2 Å². The van der Waals surface area contributed by atoms with E-state index in [0.717, 1.165) is 0 Å². The third-order valence-electron chi connectivity index (χ3n) is 4.39. The van der Waals surface area contributed by atoms with Crippen LogP contribution in [0.5, 0.6) is 5.75 Å². The molecule has 0 saturated carbocycles. The fraction of sp³-hybridized carbons (Fsp3) is 0. The molecule has 1 nitrogen and oxygen atoms in total. The Hall–Kier alpha value is 1.52. The van der Waals surface area contributed by atoms with Gasteiger partial charge in [0.05, 0.1) is 65.3 Å². The molecule has 0 aliphatic heterocycles. The van der Waals surface area contributed by atoms with Crippen LogP contribution in [0.25, 0.3) is 5.57 Å². The van der Waals surface area contributed by atoms with Gasteiger partial charge in [-0.15, -0.1) is 11.6 Å². The SMILES string of the molecule is [O-]c1c(Cl)c(Cl)c(C(=C2C(Cl)=C(Cl)[C](Cl)C(Cl)=C2Cl)c2c(Cl)c(Cl)c(Cl)c(Cl)c2Cl)c(Cl)c1Cl. The van der Waals surface area contributed by atoms with Gasteiger partial charge in [-0.2, -0.15) is 0 Å². The van der Waals surface area contributed by atoms with Crippen LogP contribution in [0, 0.1) is 5.38 Å². The van der Waals surface area contributed by atoms with E-state index in [1.165, 1.54) is 0 Å². The minimum atomic E-state index is -0.838. The van der Waals surface area contributed by atoms with Crippen molar-refractivity contribution in [2.45, 2.75) is 0 Å². The lowest BCUT2D eigenvalue weighted by Gasteiger charge is -2.27. The van der Waals surface area contributed by atoms with Gasteiger partial charge in [0.1, 0.15) is 5.38 Å². The number of rotatable bonds is 2. The molecule has 2 aromatic carbocycles. The molecule has 0 heterocycles. The molecule has 0 fully saturated rings. The second-order valence-corrected chi connectivity index (χ2v) is 11.5. The first-order valence-corrected chi connectivity index (χ1v) is 13.4. The number of hydrogen-bond acceptors (Lipinski definition) is 1. The van der Waals surface area contributed by atoms with E-state index in [4.69, 9.17) is 162 Å². The van der Waals surface area contributed by atoms with E-state index in [-0.39, 0.29) is 82.9 Å². The maximum Gasteiger partial charge on any atom is 0.147 e. The molecule has 0 spiro atoms. The average molecular weight is 741 g/mol. The Bertz CT molecular complexity index is 1200. The molecular weight excluding hydrogens is 741 g/mol. The zero-order valence-electron chi connectivity index (χ0n) is 15.2. The molecule has 0 atom stereocenters. The van der Waals surface area contributed by atoms with Crippen molar-refractivity contribution in [3.8, 4) is 5.75 Å². The number of allylic oxidation sites excluding steroid dienone is 5. The van der Waals surface area contributed by atoms with Gasteiger partial charge >= 0.3 is 0 Å². The highest BCUT2D eigenvalue weighted by molar-refractivity contribution is 6.59. The van der Waals surface area contributed by atoms with Crippen LogP contribution in [0.15, 0.2) is 25.7 Å². The van der Waals surface area contributed by atoms with E-state index < -0.39 is 15.8 Å². The lowest BCUT2D eigenvalue weighted by molar-refractivity contribution is -0.267. The van der Waals surface area contributed by atoms with Crippen LogP contribution in [-0.4, -0.2) is 0 Å². The Morgan fingerprint density at radius 1 is 0.382 bits per heavy atom. The molecule has 1 aliphatic carbocycles. The Labute approximate surface area is 263 Å². The normalized spacial score (nSPS) is 15.1. The van der Waals surface area contributed by atoms with Gasteiger partial charge in [-0.05, 0) is 0 Å². The van der Waals surface area contributed by atoms with Crippen LogP contribution >= 0.6 is 162 Å². The van der Waals surface area contributed by atoms with Crippen LogP contribution < -0.4 is 5.11 Å². The molecule has 0 amide bonds. The zero-order valence-corrected chi connectivity index (χ0v) is 25.8. The molecule has 34 heavy (non-hydrogen) atoms. The summed E-state index contributed by atoms with van der Waals surface area (Å²) in [5, 5.41) is 8.84. The minimum Gasteiger partial charge on any atom is -0.870 e. The van der Waals surface area contributed by atoms with Gasteiger partial charge in [0, 0.05) is 22.3 Å². The van der Waals surface area contributed by atoms with Gasteiger partial charge in [-0.1, -0.05) is 157 Å².